The molecule has 6 heteroatoms. The zero-order valence-corrected chi connectivity index (χ0v) is 7.97. The monoisotopic (exact) mass is 232 g/mol. The smallest absolute Gasteiger partial charge is 0.372 e. The Labute approximate surface area is 88.5 Å². The summed E-state index contributed by atoms with van der Waals surface area (Å²) in [5.74, 6) is -6.31. The Morgan fingerprint density at radius 3 is 2.19 bits per heavy atom. The van der Waals surface area contributed by atoms with E-state index in [9.17, 15) is 22.8 Å². The molecule has 0 unspecified atom stereocenters. The molecule has 0 saturated heterocycles. The summed E-state index contributed by atoms with van der Waals surface area (Å²) >= 11 is 0. The average molecular weight is 232 g/mol. The van der Waals surface area contributed by atoms with Crippen LogP contribution in [0, 0.1) is 17.5 Å². The molecule has 16 heavy (non-hydrogen) atoms. The first-order valence-electron chi connectivity index (χ1n) is 4.31. The largest absolute Gasteiger partial charge is 0.476 e. The second-order valence-corrected chi connectivity index (χ2v) is 3.09. The molecule has 0 aliphatic heterocycles. The Kier molecular flexibility index (Phi) is 3.65. The number of benzene rings is 1. The van der Waals surface area contributed by atoms with E-state index in [1.54, 1.807) is 0 Å². The number of carboxylic acids is 1. The van der Waals surface area contributed by atoms with Gasteiger partial charge in [-0.15, -0.1) is 0 Å². The van der Waals surface area contributed by atoms with Gasteiger partial charge >= 0.3 is 5.97 Å². The summed E-state index contributed by atoms with van der Waals surface area (Å²) in [5.41, 5.74) is -0.228. The third-order valence-electron chi connectivity index (χ3n) is 1.95. The number of ketones is 1. The molecule has 1 aromatic rings. The van der Waals surface area contributed by atoms with Crippen LogP contribution >= 0.6 is 0 Å². The van der Waals surface area contributed by atoms with Crippen LogP contribution in [0.2, 0.25) is 0 Å². The Balaban J connectivity index is 2.78. The number of carbonyl (C=O) groups excluding carboxylic acids is 1. The Bertz CT molecular complexity index is 443. The highest BCUT2D eigenvalue weighted by Crippen LogP contribution is 2.15. The molecular weight excluding hydrogens is 225 g/mol. The van der Waals surface area contributed by atoms with Gasteiger partial charge in [-0.25, -0.2) is 18.0 Å². The van der Waals surface area contributed by atoms with Gasteiger partial charge < -0.3 is 5.11 Å². The molecular formula is C10H7F3O3. The third-order valence-corrected chi connectivity index (χ3v) is 1.95. The first-order chi connectivity index (χ1) is 7.41. The molecule has 0 aromatic heterocycles. The average Bonchev–Trinajstić information content (AvgIpc) is 2.20. The van der Waals surface area contributed by atoms with Crippen LogP contribution in [0.3, 0.4) is 0 Å². The molecule has 0 saturated carbocycles. The maximum atomic E-state index is 13.0. The number of halogens is 3. The highest BCUT2D eigenvalue weighted by Gasteiger charge is 2.14. The quantitative estimate of drug-likeness (QED) is 0.634. The second-order valence-electron chi connectivity index (χ2n) is 3.09. The molecule has 0 heterocycles. The molecule has 1 rings (SSSR count). The fourth-order valence-corrected chi connectivity index (χ4v) is 1.11. The van der Waals surface area contributed by atoms with Gasteiger partial charge in [-0.3, -0.25) is 4.79 Å². The number of aliphatic carboxylic acids is 1. The van der Waals surface area contributed by atoms with Gasteiger partial charge in [0.2, 0.25) is 5.78 Å². The van der Waals surface area contributed by atoms with E-state index in [1.165, 1.54) is 0 Å². The molecule has 0 radical (unpaired) electrons. The summed E-state index contributed by atoms with van der Waals surface area (Å²) in [6.07, 6.45) is -0.745. The van der Waals surface area contributed by atoms with Gasteiger partial charge in [0.25, 0.3) is 0 Å². The molecule has 0 aliphatic carbocycles. The molecule has 0 amide bonds. The van der Waals surface area contributed by atoms with Crippen LogP contribution in [-0.2, 0) is 16.0 Å². The topological polar surface area (TPSA) is 54.4 Å². The van der Waals surface area contributed by atoms with Crippen LogP contribution in [0.1, 0.15) is 12.0 Å². The van der Waals surface area contributed by atoms with E-state index in [0.717, 1.165) is 0 Å². The summed E-state index contributed by atoms with van der Waals surface area (Å²) in [6, 6.07) is 0.968. The molecule has 86 valence electrons. The van der Waals surface area contributed by atoms with Crippen LogP contribution in [0.15, 0.2) is 12.1 Å². The van der Waals surface area contributed by atoms with Crippen LogP contribution in [-0.4, -0.2) is 16.9 Å². The minimum atomic E-state index is -1.64. The lowest BCUT2D eigenvalue weighted by atomic mass is 10.1. The summed E-state index contributed by atoms with van der Waals surface area (Å²) in [6.45, 7) is 0. The van der Waals surface area contributed by atoms with Crippen molar-refractivity contribution in [1.29, 1.82) is 0 Å². The Hall–Kier alpha value is -1.85. The van der Waals surface area contributed by atoms with Crippen LogP contribution in [0.4, 0.5) is 13.2 Å². The van der Waals surface area contributed by atoms with E-state index in [-0.39, 0.29) is 12.0 Å². The van der Waals surface area contributed by atoms with Crippen molar-refractivity contribution in [2.45, 2.75) is 12.8 Å². The van der Waals surface area contributed by atoms with Gasteiger partial charge in [0, 0.05) is 12.5 Å². The number of carboxylic acid groups (broad SMARTS) is 1. The van der Waals surface area contributed by atoms with E-state index in [1.807, 2.05) is 0 Å². The van der Waals surface area contributed by atoms with Crippen molar-refractivity contribution in [2.75, 3.05) is 0 Å². The first kappa shape index (κ1) is 12.2. The number of Topliss-reactive ketones (excluding diaryl/α,β-unsaturated/α-hetero) is 1. The SMILES string of the molecule is O=C(O)C(=O)CCc1cc(F)c(F)cc1F. The molecule has 0 spiro atoms. The minimum absolute atomic E-state index is 0.228. The summed E-state index contributed by atoms with van der Waals surface area (Å²) < 4.78 is 38.2. The lowest BCUT2D eigenvalue weighted by Gasteiger charge is -2.02. The van der Waals surface area contributed by atoms with Crippen LogP contribution in [0.5, 0.6) is 0 Å². The van der Waals surface area contributed by atoms with E-state index in [0.29, 0.717) is 12.1 Å². The second kappa shape index (κ2) is 4.78. The maximum absolute atomic E-state index is 13.0. The molecule has 1 N–H and O–H groups in total. The van der Waals surface area contributed by atoms with Crippen molar-refractivity contribution in [1.82, 2.24) is 0 Å². The Morgan fingerprint density at radius 2 is 1.62 bits per heavy atom. The Morgan fingerprint density at radius 1 is 1.06 bits per heavy atom. The molecule has 0 fully saturated rings. The summed E-state index contributed by atoms with van der Waals surface area (Å²) in [7, 11) is 0. The van der Waals surface area contributed by atoms with Crippen molar-refractivity contribution in [3.05, 3.63) is 35.1 Å². The van der Waals surface area contributed by atoms with E-state index in [2.05, 4.69) is 0 Å². The third kappa shape index (κ3) is 2.82. The van der Waals surface area contributed by atoms with Gasteiger partial charge in [0.1, 0.15) is 5.82 Å². The number of carbonyl (C=O) groups is 2. The van der Waals surface area contributed by atoms with Gasteiger partial charge in [0.05, 0.1) is 0 Å². The molecule has 0 bridgehead atoms. The first-order valence-corrected chi connectivity index (χ1v) is 4.31. The van der Waals surface area contributed by atoms with Gasteiger partial charge in [-0.05, 0) is 18.1 Å². The lowest BCUT2D eigenvalue weighted by molar-refractivity contribution is -0.149. The van der Waals surface area contributed by atoms with Crippen molar-refractivity contribution in [3.8, 4) is 0 Å². The van der Waals surface area contributed by atoms with Crippen molar-refractivity contribution in [3.63, 3.8) is 0 Å². The van der Waals surface area contributed by atoms with Gasteiger partial charge in [-0.2, -0.15) is 0 Å². The summed E-state index contributed by atoms with van der Waals surface area (Å²) in [5, 5.41) is 8.25. The highest BCUT2D eigenvalue weighted by molar-refractivity contribution is 6.32. The van der Waals surface area contributed by atoms with Crippen LogP contribution < -0.4 is 0 Å². The number of hydrogen-bond acceptors (Lipinski definition) is 2. The fourth-order valence-electron chi connectivity index (χ4n) is 1.11. The predicted molar refractivity (Wildman–Crippen MR) is 47.3 cm³/mol. The zero-order chi connectivity index (χ0) is 12.3. The van der Waals surface area contributed by atoms with Gasteiger partial charge in [-0.1, -0.05) is 0 Å². The molecule has 1 aromatic carbocycles. The molecule has 3 nitrogen and oxygen atoms in total. The molecule has 0 atom stereocenters. The van der Waals surface area contributed by atoms with Crippen molar-refractivity contribution in [2.24, 2.45) is 0 Å². The van der Waals surface area contributed by atoms with Gasteiger partial charge in [0.15, 0.2) is 11.6 Å². The van der Waals surface area contributed by atoms with Crippen molar-refractivity contribution >= 4 is 11.8 Å². The molecule has 0 aliphatic rings. The van der Waals surface area contributed by atoms with E-state index >= 15 is 0 Å². The summed E-state index contributed by atoms with van der Waals surface area (Å²) in [4.78, 5) is 20.8. The lowest BCUT2D eigenvalue weighted by Crippen LogP contribution is -2.13. The maximum Gasteiger partial charge on any atom is 0.372 e. The van der Waals surface area contributed by atoms with E-state index < -0.39 is 35.6 Å². The normalized spacial score (nSPS) is 10.2. The standard InChI is InChI=1S/C10H7F3O3/c11-6-4-8(13)7(12)3-5(6)1-2-9(14)10(15)16/h3-4H,1-2H2,(H,15,16). The van der Waals surface area contributed by atoms with Crippen molar-refractivity contribution < 1.29 is 27.9 Å². The minimum Gasteiger partial charge on any atom is -0.476 e. The van der Waals surface area contributed by atoms with E-state index in [4.69, 9.17) is 5.11 Å². The number of rotatable bonds is 4. The fraction of sp³-hybridized carbons (Fsp3) is 0.200. The highest BCUT2D eigenvalue weighted by atomic mass is 19.2. The zero-order valence-electron chi connectivity index (χ0n) is 7.97. The van der Waals surface area contributed by atoms with Crippen LogP contribution in [0.25, 0.3) is 0 Å². The predicted octanol–water partition coefficient (Wildman–Crippen LogP) is 1.69. The number of hydrogen-bond donors (Lipinski definition) is 1. The number of aryl methyl sites for hydroxylation is 1.